The van der Waals surface area contributed by atoms with Crippen molar-refractivity contribution < 1.29 is 22.7 Å². The van der Waals surface area contributed by atoms with Crippen LogP contribution in [0, 0.1) is 11.3 Å². The lowest BCUT2D eigenvalue weighted by Gasteiger charge is -2.65. The second kappa shape index (κ2) is 5.35. The summed E-state index contributed by atoms with van der Waals surface area (Å²) in [6.07, 6.45) is -3.09. The molecule has 0 aromatic carbocycles. The number of carbonyl (C=O) groups is 1. The summed E-state index contributed by atoms with van der Waals surface area (Å²) in [5, 5.41) is 1.91. The molecule has 3 unspecified atom stereocenters. The van der Waals surface area contributed by atoms with Gasteiger partial charge in [-0.2, -0.15) is 13.2 Å². The molecule has 1 amide bonds. The van der Waals surface area contributed by atoms with Crippen LogP contribution < -0.4 is 11.1 Å². The van der Waals surface area contributed by atoms with Crippen molar-refractivity contribution in [1.82, 2.24) is 5.32 Å². The van der Waals surface area contributed by atoms with Gasteiger partial charge in [-0.15, -0.1) is 12.4 Å². The van der Waals surface area contributed by atoms with Crippen molar-refractivity contribution in [3.63, 3.8) is 0 Å². The summed E-state index contributed by atoms with van der Waals surface area (Å²) in [4.78, 5) is 12.1. The first kappa shape index (κ1) is 17.5. The van der Waals surface area contributed by atoms with E-state index in [0.717, 1.165) is 6.42 Å². The summed E-state index contributed by atoms with van der Waals surface area (Å²) >= 11 is 0. The maximum atomic E-state index is 12.2. The lowest BCUT2D eigenvalue weighted by atomic mass is 9.46. The fraction of sp³-hybridized carbons (Fsp3) is 0.917. The molecule has 0 aromatic rings. The van der Waals surface area contributed by atoms with Crippen LogP contribution in [0.1, 0.15) is 26.7 Å². The highest BCUT2D eigenvalue weighted by molar-refractivity contribution is 5.89. The van der Waals surface area contributed by atoms with Crippen molar-refractivity contribution in [3.8, 4) is 0 Å². The number of amides is 1. The molecule has 20 heavy (non-hydrogen) atoms. The SMILES string of the molecule is CC1(C)C2OCCCC2C1(N)C(=O)NCC(F)(F)F.Cl. The quantitative estimate of drug-likeness (QED) is 0.813. The van der Waals surface area contributed by atoms with Crippen LogP contribution in [-0.2, 0) is 9.53 Å². The topological polar surface area (TPSA) is 64.3 Å². The van der Waals surface area contributed by atoms with Crippen molar-refractivity contribution in [2.24, 2.45) is 17.1 Å². The molecule has 1 saturated carbocycles. The van der Waals surface area contributed by atoms with Crippen LogP contribution in [0.25, 0.3) is 0 Å². The molecule has 2 aliphatic rings. The Hall–Kier alpha value is -0.530. The van der Waals surface area contributed by atoms with Crippen LogP contribution in [0.15, 0.2) is 0 Å². The van der Waals surface area contributed by atoms with E-state index in [2.05, 4.69) is 0 Å². The zero-order valence-corrected chi connectivity index (χ0v) is 12.2. The van der Waals surface area contributed by atoms with Crippen LogP contribution in [0.5, 0.6) is 0 Å². The number of nitrogens with two attached hydrogens (primary N) is 1. The van der Waals surface area contributed by atoms with Gasteiger partial charge in [-0.1, -0.05) is 13.8 Å². The summed E-state index contributed by atoms with van der Waals surface area (Å²) in [6, 6.07) is 0. The van der Waals surface area contributed by atoms with Gasteiger partial charge < -0.3 is 15.8 Å². The molecular formula is C12H20ClF3N2O2. The zero-order valence-electron chi connectivity index (χ0n) is 11.4. The van der Waals surface area contributed by atoms with Gasteiger partial charge >= 0.3 is 6.18 Å². The number of fused-ring (bicyclic) bond motifs is 1. The molecule has 3 N–H and O–H groups in total. The normalized spacial score (nSPS) is 35.3. The summed E-state index contributed by atoms with van der Waals surface area (Å²) in [6.45, 7) is 2.81. The molecule has 0 spiro atoms. The molecule has 0 aromatic heterocycles. The molecule has 1 aliphatic carbocycles. The van der Waals surface area contributed by atoms with E-state index < -0.39 is 29.6 Å². The average molecular weight is 317 g/mol. The van der Waals surface area contributed by atoms with Gasteiger partial charge in [0, 0.05) is 17.9 Å². The van der Waals surface area contributed by atoms with E-state index in [9.17, 15) is 18.0 Å². The third kappa shape index (κ3) is 2.51. The van der Waals surface area contributed by atoms with E-state index in [1.54, 1.807) is 13.8 Å². The van der Waals surface area contributed by atoms with E-state index >= 15 is 0 Å². The van der Waals surface area contributed by atoms with E-state index in [4.69, 9.17) is 10.5 Å². The fourth-order valence-corrected chi connectivity index (χ4v) is 3.36. The van der Waals surface area contributed by atoms with Gasteiger partial charge in [0.05, 0.1) is 6.10 Å². The molecule has 2 fully saturated rings. The molecule has 2 rings (SSSR count). The average Bonchev–Trinajstić information content (AvgIpc) is 2.34. The van der Waals surface area contributed by atoms with Crippen LogP contribution in [0.3, 0.4) is 0 Å². The number of alkyl halides is 3. The highest BCUT2D eigenvalue weighted by Crippen LogP contribution is 2.57. The second-order valence-electron chi connectivity index (χ2n) is 5.93. The minimum atomic E-state index is -4.43. The van der Waals surface area contributed by atoms with Crippen molar-refractivity contribution in [3.05, 3.63) is 0 Å². The molecule has 0 bridgehead atoms. The number of hydrogen-bond donors (Lipinski definition) is 2. The van der Waals surface area contributed by atoms with Gasteiger partial charge in [-0.25, -0.2) is 0 Å². The number of ether oxygens (including phenoxy) is 1. The Balaban J connectivity index is 0.00000200. The predicted octanol–water partition coefficient (Wildman–Crippen LogP) is 1.62. The van der Waals surface area contributed by atoms with Crippen molar-refractivity contribution in [2.45, 2.75) is 44.5 Å². The molecule has 0 radical (unpaired) electrons. The first-order chi connectivity index (χ1) is 8.61. The van der Waals surface area contributed by atoms with Crippen LogP contribution in [-0.4, -0.2) is 36.9 Å². The van der Waals surface area contributed by atoms with Crippen LogP contribution >= 0.6 is 12.4 Å². The molecule has 118 valence electrons. The number of halogens is 4. The lowest BCUT2D eigenvalue weighted by molar-refractivity contribution is -0.226. The van der Waals surface area contributed by atoms with Crippen LogP contribution in [0.4, 0.5) is 13.2 Å². The largest absolute Gasteiger partial charge is 0.405 e. The fourth-order valence-electron chi connectivity index (χ4n) is 3.36. The first-order valence-electron chi connectivity index (χ1n) is 6.36. The summed E-state index contributed by atoms with van der Waals surface area (Å²) in [7, 11) is 0. The monoisotopic (exact) mass is 316 g/mol. The third-order valence-corrected chi connectivity index (χ3v) is 4.51. The highest BCUT2D eigenvalue weighted by Gasteiger charge is 2.70. The summed E-state index contributed by atoms with van der Waals surface area (Å²) in [5.74, 6) is -0.939. The van der Waals surface area contributed by atoms with E-state index in [0.29, 0.717) is 13.0 Å². The van der Waals surface area contributed by atoms with Gasteiger partial charge in [0.25, 0.3) is 0 Å². The van der Waals surface area contributed by atoms with Gasteiger partial charge in [0.15, 0.2) is 0 Å². The number of nitrogens with one attached hydrogen (secondary N) is 1. The van der Waals surface area contributed by atoms with Gasteiger partial charge in [0.2, 0.25) is 5.91 Å². The highest BCUT2D eigenvalue weighted by atomic mass is 35.5. The molecule has 1 aliphatic heterocycles. The molecule has 1 saturated heterocycles. The zero-order chi connectivity index (χ0) is 14.5. The predicted molar refractivity (Wildman–Crippen MR) is 69.5 cm³/mol. The Labute approximate surface area is 122 Å². The van der Waals surface area contributed by atoms with Gasteiger partial charge in [-0.05, 0) is 12.8 Å². The maximum absolute atomic E-state index is 12.2. The van der Waals surface area contributed by atoms with Gasteiger partial charge in [-0.3, -0.25) is 4.79 Å². The molecule has 8 heteroatoms. The second-order valence-corrected chi connectivity index (χ2v) is 5.93. The molecule has 3 atom stereocenters. The minimum absolute atomic E-state index is 0. The lowest BCUT2D eigenvalue weighted by Crippen LogP contribution is -2.82. The summed E-state index contributed by atoms with van der Waals surface area (Å²) < 4.78 is 42.1. The Morgan fingerprint density at radius 2 is 2.05 bits per heavy atom. The summed E-state index contributed by atoms with van der Waals surface area (Å²) in [5.41, 5.74) is 4.20. The van der Waals surface area contributed by atoms with E-state index in [1.807, 2.05) is 5.32 Å². The molecule has 1 heterocycles. The Morgan fingerprint density at radius 1 is 1.45 bits per heavy atom. The van der Waals surface area contributed by atoms with E-state index in [-0.39, 0.29) is 24.4 Å². The van der Waals surface area contributed by atoms with Gasteiger partial charge in [0.1, 0.15) is 12.1 Å². The Bertz CT molecular complexity index is 389. The smallest absolute Gasteiger partial charge is 0.377 e. The number of carbonyl (C=O) groups excluding carboxylic acids is 1. The standard InChI is InChI=1S/C12H19F3N2O2.ClH/c1-10(2)8-7(4-3-5-19-8)12(10,16)9(18)17-6-11(13,14)15;/h7-8H,3-6,16H2,1-2H3,(H,17,18);1H. The van der Waals surface area contributed by atoms with E-state index in [1.165, 1.54) is 0 Å². The third-order valence-electron chi connectivity index (χ3n) is 4.51. The number of rotatable bonds is 2. The molecule has 4 nitrogen and oxygen atoms in total. The van der Waals surface area contributed by atoms with Crippen molar-refractivity contribution in [2.75, 3.05) is 13.2 Å². The first-order valence-corrected chi connectivity index (χ1v) is 6.36. The van der Waals surface area contributed by atoms with Crippen LogP contribution in [0.2, 0.25) is 0 Å². The molecular weight excluding hydrogens is 297 g/mol. The minimum Gasteiger partial charge on any atom is -0.377 e. The number of hydrogen-bond acceptors (Lipinski definition) is 3. The Morgan fingerprint density at radius 3 is 2.60 bits per heavy atom. The van der Waals surface area contributed by atoms with Crippen molar-refractivity contribution >= 4 is 18.3 Å². The Kier molecular flexibility index (Phi) is 4.68. The maximum Gasteiger partial charge on any atom is 0.405 e. The van der Waals surface area contributed by atoms with Crippen molar-refractivity contribution in [1.29, 1.82) is 0 Å².